The van der Waals surface area contributed by atoms with Crippen LogP contribution in [0, 0.1) is 11.3 Å². The molecule has 0 amide bonds. The van der Waals surface area contributed by atoms with Crippen molar-refractivity contribution in [1.82, 2.24) is 9.78 Å². The van der Waals surface area contributed by atoms with Crippen LogP contribution in [0.15, 0.2) is 18.2 Å². The van der Waals surface area contributed by atoms with Gasteiger partial charge in [-0.2, -0.15) is 10.4 Å². The Morgan fingerprint density at radius 1 is 1.31 bits per heavy atom. The summed E-state index contributed by atoms with van der Waals surface area (Å²) in [6, 6.07) is 6.92. The lowest BCUT2D eigenvalue weighted by molar-refractivity contribution is 0.468. The number of nitrogens with zero attached hydrogens (tertiary/aromatic N) is 3. The first-order valence-corrected chi connectivity index (χ1v) is 11.0. The number of benzene rings is 1. The minimum absolute atomic E-state index is 0.150. The van der Waals surface area contributed by atoms with E-state index in [1.54, 1.807) is 22.9 Å². The maximum Gasteiger partial charge on any atom is 0.172 e. The van der Waals surface area contributed by atoms with Crippen molar-refractivity contribution in [3.05, 3.63) is 40.2 Å². The molecule has 0 aliphatic heterocycles. The van der Waals surface area contributed by atoms with Crippen molar-refractivity contribution in [2.24, 2.45) is 0 Å². The molecule has 1 aromatic heterocycles. The summed E-state index contributed by atoms with van der Waals surface area (Å²) in [6.07, 6.45) is 5.25. The molecule has 4 rings (SSSR count). The number of halogens is 1. The third kappa shape index (κ3) is 3.57. The molecule has 6 nitrogen and oxygen atoms in total. The van der Waals surface area contributed by atoms with E-state index in [-0.39, 0.29) is 11.8 Å². The molecule has 136 valence electrons. The maximum atomic E-state index is 11.8. The van der Waals surface area contributed by atoms with Crippen molar-refractivity contribution in [3.8, 4) is 17.6 Å². The van der Waals surface area contributed by atoms with E-state index in [0.29, 0.717) is 28.0 Å². The number of rotatable bonds is 6. The molecular formula is C18H18ClN3O3S. The van der Waals surface area contributed by atoms with Gasteiger partial charge in [-0.3, -0.25) is 0 Å². The fourth-order valence-electron chi connectivity index (χ4n) is 3.04. The summed E-state index contributed by atoms with van der Waals surface area (Å²) in [5, 5.41) is 13.9. The van der Waals surface area contributed by atoms with Gasteiger partial charge >= 0.3 is 0 Å². The van der Waals surface area contributed by atoms with Crippen molar-refractivity contribution < 1.29 is 13.2 Å². The van der Waals surface area contributed by atoms with Gasteiger partial charge < -0.3 is 4.74 Å². The van der Waals surface area contributed by atoms with Gasteiger partial charge in [0, 0.05) is 18.1 Å². The first-order valence-electron chi connectivity index (χ1n) is 8.51. The maximum absolute atomic E-state index is 11.8. The van der Waals surface area contributed by atoms with Crippen LogP contribution in [0.3, 0.4) is 0 Å². The van der Waals surface area contributed by atoms with Crippen LogP contribution >= 0.6 is 11.6 Å². The molecule has 0 unspecified atom stereocenters. The van der Waals surface area contributed by atoms with Crippen LogP contribution in [-0.2, 0) is 15.7 Å². The summed E-state index contributed by atoms with van der Waals surface area (Å²) in [7, 11) is -3.22. The highest BCUT2D eigenvalue weighted by Gasteiger charge is 2.39. The van der Waals surface area contributed by atoms with Gasteiger partial charge in [0.15, 0.2) is 15.6 Å². The van der Waals surface area contributed by atoms with Crippen LogP contribution in [0.4, 0.5) is 0 Å². The average Bonchev–Trinajstić information content (AvgIpc) is 3.47. The monoisotopic (exact) mass is 391 g/mol. The van der Waals surface area contributed by atoms with Gasteiger partial charge in [-0.15, -0.1) is 0 Å². The number of hydrogen-bond acceptors (Lipinski definition) is 5. The second-order valence-corrected chi connectivity index (χ2v) is 9.58. The SMILES string of the molecule is CS(=O)(=O)Cn1nc(C2CC2)c(Oc2ccc(C#N)cc2Cl)c1C1CC1. The van der Waals surface area contributed by atoms with Crippen molar-refractivity contribution >= 4 is 21.4 Å². The van der Waals surface area contributed by atoms with E-state index >= 15 is 0 Å². The Bertz CT molecular complexity index is 1020. The van der Waals surface area contributed by atoms with Gasteiger partial charge in [-0.05, 0) is 43.9 Å². The van der Waals surface area contributed by atoms with Gasteiger partial charge in [0.2, 0.25) is 0 Å². The van der Waals surface area contributed by atoms with Crippen LogP contribution in [0.5, 0.6) is 11.5 Å². The van der Waals surface area contributed by atoms with Crippen LogP contribution in [0.2, 0.25) is 5.02 Å². The van der Waals surface area contributed by atoms with Crippen LogP contribution in [-0.4, -0.2) is 24.5 Å². The zero-order valence-corrected chi connectivity index (χ0v) is 15.8. The Hall–Kier alpha value is -2.04. The zero-order valence-electron chi connectivity index (χ0n) is 14.3. The first-order chi connectivity index (χ1) is 12.4. The van der Waals surface area contributed by atoms with Gasteiger partial charge in [0.1, 0.15) is 17.3 Å². The number of aromatic nitrogens is 2. The van der Waals surface area contributed by atoms with E-state index in [1.165, 1.54) is 6.26 Å². The highest BCUT2D eigenvalue weighted by Crippen LogP contribution is 2.52. The van der Waals surface area contributed by atoms with Crippen molar-refractivity contribution in [2.75, 3.05) is 6.26 Å². The molecule has 8 heteroatoms. The summed E-state index contributed by atoms with van der Waals surface area (Å²) in [6.45, 7) is 0. The molecule has 2 aromatic rings. The molecule has 0 N–H and O–H groups in total. The van der Waals surface area contributed by atoms with Crippen LogP contribution < -0.4 is 4.74 Å². The first kappa shape index (κ1) is 17.4. The van der Waals surface area contributed by atoms with Gasteiger partial charge in [0.05, 0.1) is 22.3 Å². The number of ether oxygens (including phenoxy) is 1. The average molecular weight is 392 g/mol. The van der Waals surface area contributed by atoms with Crippen molar-refractivity contribution in [2.45, 2.75) is 43.4 Å². The third-order valence-electron chi connectivity index (χ3n) is 4.53. The molecular weight excluding hydrogens is 374 g/mol. The summed E-state index contributed by atoms with van der Waals surface area (Å²) in [5.41, 5.74) is 2.12. The molecule has 26 heavy (non-hydrogen) atoms. The largest absolute Gasteiger partial charge is 0.452 e. The lowest BCUT2D eigenvalue weighted by atomic mass is 10.2. The Kier molecular flexibility index (Phi) is 4.20. The fraction of sp³-hybridized carbons (Fsp3) is 0.444. The fourth-order valence-corrected chi connectivity index (χ4v) is 3.90. The number of nitriles is 1. The molecule has 2 fully saturated rings. The molecule has 0 bridgehead atoms. The lowest BCUT2D eigenvalue weighted by Gasteiger charge is -2.11. The van der Waals surface area contributed by atoms with E-state index in [1.807, 2.05) is 6.07 Å². The summed E-state index contributed by atoms with van der Waals surface area (Å²) in [4.78, 5) is 0. The standard InChI is InChI=1S/C18H18ClN3O3S/c1-26(23,24)10-22-17(13-5-6-13)18(16(21-22)12-3-4-12)25-15-7-2-11(9-20)8-14(15)19/h2,7-8,12-13H,3-6,10H2,1H3. The highest BCUT2D eigenvalue weighted by molar-refractivity contribution is 7.89. The van der Waals surface area contributed by atoms with Gasteiger partial charge in [-0.1, -0.05) is 11.6 Å². The van der Waals surface area contributed by atoms with Crippen molar-refractivity contribution in [1.29, 1.82) is 5.26 Å². The molecule has 1 heterocycles. The van der Waals surface area contributed by atoms with Crippen LogP contribution in [0.25, 0.3) is 0 Å². The normalized spacial score (nSPS) is 17.1. The topological polar surface area (TPSA) is 85.0 Å². The second kappa shape index (κ2) is 6.29. The van der Waals surface area contributed by atoms with E-state index < -0.39 is 9.84 Å². The van der Waals surface area contributed by atoms with Crippen LogP contribution in [0.1, 0.15) is 54.5 Å². The summed E-state index contributed by atoms with van der Waals surface area (Å²) >= 11 is 6.27. The Morgan fingerprint density at radius 2 is 2.00 bits per heavy atom. The Morgan fingerprint density at radius 3 is 2.54 bits per heavy atom. The quantitative estimate of drug-likeness (QED) is 0.744. The second-order valence-electron chi connectivity index (χ2n) is 7.06. The van der Waals surface area contributed by atoms with E-state index in [4.69, 9.17) is 21.6 Å². The molecule has 1 aromatic carbocycles. The summed E-state index contributed by atoms with van der Waals surface area (Å²) < 4.78 is 31.4. The number of hydrogen-bond donors (Lipinski definition) is 0. The van der Waals surface area contributed by atoms with Gasteiger partial charge in [0.25, 0.3) is 0 Å². The minimum Gasteiger partial charge on any atom is -0.452 e. The highest BCUT2D eigenvalue weighted by atomic mass is 35.5. The zero-order chi connectivity index (χ0) is 18.5. The Labute approximate surface area is 157 Å². The van der Waals surface area contributed by atoms with E-state index in [2.05, 4.69) is 5.10 Å². The van der Waals surface area contributed by atoms with E-state index in [0.717, 1.165) is 37.1 Å². The third-order valence-corrected chi connectivity index (χ3v) is 5.54. The molecule has 2 aliphatic rings. The molecule has 0 radical (unpaired) electrons. The van der Waals surface area contributed by atoms with E-state index in [9.17, 15) is 8.42 Å². The lowest BCUT2D eigenvalue weighted by Crippen LogP contribution is -2.13. The molecule has 2 saturated carbocycles. The molecule has 0 saturated heterocycles. The molecule has 0 atom stereocenters. The summed E-state index contributed by atoms with van der Waals surface area (Å²) in [5.74, 6) is 1.52. The predicted octanol–water partition coefficient (Wildman–Crippen LogP) is 3.96. The Balaban J connectivity index is 1.78. The minimum atomic E-state index is -3.22. The predicted molar refractivity (Wildman–Crippen MR) is 97.3 cm³/mol. The number of sulfone groups is 1. The molecule has 2 aliphatic carbocycles. The van der Waals surface area contributed by atoms with Crippen molar-refractivity contribution in [3.63, 3.8) is 0 Å². The molecule has 0 spiro atoms. The smallest absolute Gasteiger partial charge is 0.172 e. The van der Waals surface area contributed by atoms with Gasteiger partial charge in [-0.25, -0.2) is 13.1 Å².